The number of nitro groups is 1. The molecule has 11 heteroatoms. The number of hydrogen-bond acceptors (Lipinski definition) is 7. The lowest BCUT2D eigenvalue weighted by atomic mass is 10.1. The number of nitrogens with one attached hydrogen (secondary N) is 1. The van der Waals surface area contributed by atoms with Crippen LogP contribution in [0.25, 0.3) is 0 Å². The predicted molar refractivity (Wildman–Crippen MR) is 81.2 cm³/mol. The summed E-state index contributed by atoms with van der Waals surface area (Å²) in [6.07, 6.45) is 0. The van der Waals surface area contributed by atoms with Crippen molar-refractivity contribution in [3.63, 3.8) is 0 Å². The van der Waals surface area contributed by atoms with Crippen molar-refractivity contribution in [1.29, 1.82) is 0 Å². The molecule has 1 N–H and O–H groups in total. The first-order valence-corrected chi connectivity index (χ1v) is 10.2. The Hall–Kier alpha value is -1.56. The summed E-state index contributed by atoms with van der Waals surface area (Å²) in [7, 11) is -7.49. The molecule has 2 aliphatic heterocycles. The number of rotatable bonds is 3. The fraction of sp³-hybridized carbons (Fsp3) is 0.500. The van der Waals surface area contributed by atoms with Gasteiger partial charge in [0.2, 0.25) is 10.0 Å². The summed E-state index contributed by atoms with van der Waals surface area (Å²) in [5.74, 6) is -0.398. The number of benzene rings is 1. The van der Waals surface area contributed by atoms with E-state index in [1.54, 1.807) is 0 Å². The Morgan fingerprint density at radius 3 is 2.65 bits per heavy atom. The first kappa shape index (κ1) is 16.3. The second kappa shape index (κ2) is 5.51. The molecule has 2 fully saturated rings. The molecule has 0 saturated carbocycles. The lowest BCUT2D eigenvalue weighted by Gasteiger charge is -2.36. The average molecular weight is 361 g/mol. The zero-order valence-corrected chi connectivity index (χ0v) is 13.6. The molecule has 1 aromatic carbocycles. The molecule has 0 unspecified atom stereocenters. The average Bonchev–Trinajstić information content (AvgIpc) is 2.80. The lowest BCUT2D eigenvalue weighted by Crippen LogP contribution is -2.58. The van der Waals surface area contributed by atoms with E-state index in [9.17, 15) is 26.9 Å². The van der Waals surface area contributed by atoms with E-state index in [0.717, 1.165) is 10.4 Å². The van der Waals surface area contributed by atoms with Gasteiger partial charge in [-0.2, -0.15) is 4.31 Å². The quantitative estimate of drug-likeness (QED) is 0.560. The van der Waals surface area contributed by atoms with Crippen LogP contribution in [-0.4, -0.2) is 62.7 Å². The van der Waals surface area contributed by atoms with Crippen LogP contribution in [0, 0.1) is 10.1 Å². The van der Waals surface area contributed by atoms with Gasteiger partial charge in [0.1, 0.15) is 0 Å². The van der Waals surface area contributed by atoms with Crippen molar-refractivity contribution < 1.29 is 21.8 Å². The maximum atomic E-state index is 12.9. The highest BCUT2D eigenvalue weighted by Crippen LogP contribution is 2.31. The van der Waals surface area contributed by atoms with Crippen molar-refractivity contribution in [2.75, 3.05) is 24.6 Å². The van der Waals surface area contributed by atoms with E-state index in [1.165, 1.54) is 18.2 Å². The molecule has 0 aromatic heterocycles. The van der Waals surface area contributed by atoms with Crippen LogP contribution in [-0.2, 0) is 19.9 Å². The minimum Gasteiger partial charge on any atom is -0.310 e. The van der Waals surface area contributed by atoms with Gasteiger partial charge in [0.15, 0.2) is 14.7 Å². The Kier molecular flexibility index (Phi) is 3.91. The standard InChI is InChI=1S/C12H15N3O6S2/c16-15(17)10-3-1-2-4-12(10)23(20,21)14-6-5-13-9-7-22(18,19)8-11(9)14/h1-4,9,11,13H,5-8H2/t9-,11+/m1/s1. The van der Waals surface area contributed by atoms with E-state index in [4.69, 9.17) is 0 Å². The zero-order valence-electron chi connectivity index (χ0n) is 12.0. The molecule has 0 bridgehead atoms. The molecule has 2 atom stereocenters. The molecule has 1 aromatic rings. The Balaban J connectivity index is 2.05. The van der Waals surface area contributed by atoms with Gasteiger partial charge in [-0.3, -0.25) is 10.1 Å². The summed E-state index contributed by atoms with van der Waals surface area (Å²) < 4.78 is 50.4. The third kappa shape index (κ3) is 2.84. The van der Waals surface area contributed by atoms with Gasteiger partial charge in [-0.1, -0.05) is 12.1 Å². The van der Waals surface area contributed by atoms with E-state index in [1.807, 2.05) is 0 Å². The molecule has 0 amide bonds. The summed E-state index contributed by atoms with van der Waals surface area (Å²) >= 11 is 0. The van der Waals surface area contributed by atoms with E-state index < -0.39 is 47.5 Å². The molecule has 0 spiro atoms. The zero-order chi connectivity index (χ0) is 16.8. The first-order chi connectivity index (χ1) is 10.7. The van der Waals surface area contributed by atoms with Crippen molar-refractivity contribution in [2.24, 2.45) is 0 Å². The van der Waals surface area contributed by atoms with Crippen LogP contribution in [0.5, 0.6) is 0 Å². The molecule has 23 heavy (non-hydrogen) atoms. The van der Waals surface area contributed by atoms with Crippen LogP contribution < -0.4 is 5.32 Å². The second-order valence-electron chi connectivity index (χ2n) is 5.55. The summed E-state index contributed by atoms with van der Waals surface area (Å²) in [6, 6.07) is 3.87. The Morgan fingerprint density at radius 1 is 1.26 bits per heavy atom. The van der Waals surface area contributed by atoms with Gasteiger partial charge in [0.25, 0.3) is 5.69 Å². The number of nitro benzene ring substituents is 1. The predicted octanol–water partition coefficient (Wildman–Crippen LogP) is -0.646. The third-order valence-electron chi connectivity index (χ3n) is 4.08. The number of sulfone groups is 1. The molecule has 0 aliphatic carbocycles. The smallest absolute Gasteiger partial charge is 0.289 e. The van der Waals surface area contributed by atoms with Gasteiger partial charge in [-0.15, -0.1) is 0 Å². The number of hydrogen-bond donors (Lipinski definition) is 1. The normalized spacial score (nSPS) is 27.5. The van der Waals surface area contributed by atoms with Gasteiger partial charge >= 0.3 is 0 Å². The highest BCUT2D eigenvalue weighted by molar-refractivity contribution is 7.92. The summed E-state index contributed by atoms with van der Waals surface area (Å²) in [5.41, 5.74) is -0.511. The number of sulfonamides is 1. The molecule has 0 radical (unpaired) electrons. The fourth-order valence-electron chi connectivity index (χ4n) is 3.08. The van der Waals surface area contributed by atoms with Crippen LogP contribution in [0.1, 0.15) is 0 Å². The number of piperazine rings is 1. The maximum Gasteiger partial charge on any atom is 0.289 e. The molecule has 2 heterocycles. The summed E-state index contributed by atoms with van der Waals surface area (Å²) in [4.78, 5) is 9.94. The monoisotopic (exact) mass is 361 g/mol. The topological polar surface area (TPSA) is 127 Å². The molecular formula is C12H15N3O6S2. The minimum atomic E-state index is -4.15. The maximum absolute atomic E-state index is 12.9. The SMILES string of the molecule is O=[N+]([O-])c1ccccc1S(=O)(=O)N1CCN[C@@H]2CS(=O)(=O)C[C@@H]21. The van der Waals surface area contributed by atoms with Gasteiger partial charge < -0.3 is 5.32 Å². The number of fused-ring (bicyclic) bond motifs is 1. The van der Waals surface area contributed by atoms with Gasteiger partial charge in [-0.25, -0.2) is 16.8 Å². The Bertz CT molecular complexity index is 851. The molecule has 9 nitrogen and oxygen atoms in total. The van der Waals surface area contributed by atoms with E-state index >= 15 is 0 Å². The second-order valence-corrected chi connectivity index (χ2v) is 9.56. The van der Waals surface area contributed by atoms with E-state index in [-0.39, 0.29) is 18.1 Å². The van der Waals surface area contributed by atoms with Gasteiger partial charge in [0, 0.05) is 25.2 Å². The van der Waals surface area contributed by atoms with Crippen molar-refractivity contribution >= 4 is 25.5 Å². The number of nitrogens with zero attached hydrogens (tertiary/aromatic N) is 2. The Morgan fingerprint density at radius 2 is 1.96 bits per heavy atom. The summed E-state index contributed by atoms with van der Waals surface area (Å²) in [5, 5.41) is 14.1. The lowest BCUT2D eigenvalue weighted by molar-refractivity contribution is -0.387. The summed E-state index contributed by atoms with van der Waals surface area (Å²) in [6.45, 7) is 0.377. The number of para-hydroxylation sites is 1. The molecule has 2 aliphatic rings. The third-order valence-corrected chi connectivity index (χ3v) is 7.77. The fourth-order valence-corrected chi connectivity index (χ4v) is 6.95. The first-order valence-electron chi connectivity index (χ1n) is 6.91. The van der Waals surface area contributed by atoms with Gasteiger partial charge in [-0.05, 0) is 6.07 Å². The minimum absolute atomic E-state index is 0.0745. The van der Waals surface area contributed by atoms with Crippen LogP contribution >= 0.6 is 0 Å². The highest BCUT2D eigenvalue weighted by atomic mass is 32.2. The molecular weight excluding hydrogens is 346 g/mol. The van der Waals surface area contributed by atoms with Crippen LogP contribution in [0.2, 0.25) is 0 Å². The molecule has 2 saturated heterocycles. The largest absolute Gasteiger partial charge is 0.310 e. The Labute approximate surface area is 133 Å². The van der Waals surface area contributed by atoms with Crippen LogP contribution in [0.4, 0.5) is 5.69 Å². The van der Waals surface area contributed by atoms with Crippen molar-refractivity contribution in [3.05, 3.63) is 34.4 Å². The van der Waals surface area contributed by atoms with E-state index in [0.29, 0.717) is 6.54 Å². The van der Waals surface area contributed by atoms with Crippen molar-refractivity contribution in [3.8, 4) is 0 Å². The van der Waals surface area contributed by atoms with Crippen LogP contribution in [0.15, 0.2) is 29.2 Å². The van der Waals surface area contributed by atoms with Crippen molar-refractivity contribution in [2.45, 2.75) is 17.0 Å². The highest BCUT2D eigenvalue weighted by Gasteiger charge is 2.48. The molecule has 126 valence electrons. The van der Waals surface area contributed by atoms with Crippen LogP contribution in [0.3, 0.4) is 0 Å². The molecule has 3 rings (SSSR count). The van der Waals surface area contributed by atoms with E-state index in [2.05, 4.69) is 5.32 Å². The van der Waals surface area contributed by atoms with Gasteiger partial charge in [0.05, 0.1) is 22.5 Å². The van der Waals surface area contributed by atoms with Crippen molar-refractivity contribution in [1.82, 2.24) is 9.62 Å².